The van der Waals surface area contributed by atoms with Crippen LogP contribution in [0.4, 0.5) is 5.69 Å². The summed E-state index contributed by atoms with van der Waals surface area (Å²) < 4.78 is 0. The number of phenols is 1. The Morgan fingerprint density at radius 2 is 2.00 bits per heavy atom. The van der Waals surface area contributed by atoms with E-state index in [4.69, 9.17) is 0 Å². The molecule has 0 radical (unpaired) electrons. The van der Waals surface area contributed by atoms with Crippen LogP contribution in [0.2, 0.25) is 0 Å². The van der Waals surface area contributed by atoms with Crippen molar-refractivity contribution in [2.75, 3.05) is 11.9 Å². The average molecular weight is 405 g/mol. The van der Waals surface area contributed by atoms with Gasteiger partial charge in [0, 0.05) is 11.3 Å². The van der Waals surface area contributed by atoms with Crippen molar-refractivity contribution >= 4 is 23.3 Å². The second kappa shape index (κ2) is 7.94. The van der Waals surface area contributed by atoms with E-state index < -0.39 is 5.91 Å². The lowest BCUT2D eigenvalue weighted by atomic mass is 9.79. The van der Waals surface area contributed by atoms with Crippen molar-refractivity contribution in [2.45, 2.75) is 52.4 Å². The van der Waals surface area contributed by atoms with Gasteiger partial charge < -0.3 is 15.7 Å². The number of amidine groups is 1. The van der Waals surface area contributed by atoms with Crippen LogP contribution in [-0.2, 0) is 22.4 Å². The van der Waals surface area contributed by atoms with Gasteiger partial charge in [-0.15, -0.1) is 0 Å². The second-order valence-electron chi connectivity index (χ2n) is 8.36. The Balaban J connectivity index is 1.59. The van der Waals surface area contributed by atoms with E-state index in [1.165, 1.54) is 16.7 Å². The number of aryl methyl sites for hydroxylation is 2. The van der Waals surface area contributed by atoms with Crippen molar-refractivity contribution in [1.29, 1.82) is 0 Å². The predicted molar refractivity (Wildman–Crippen MR) is 117 cm³/mol. The maximum Gasteiger partial charge on any atom is 0.291 e. The fraction of sp³-hybridized carbons (Fsp3) is 0.375. The quantitative estimate of drug-likeness (QED) is 0.727. The van der Waals surface area contributed by atoms with Crippen molar-refractivity contribution < 1.29 is 14.7 Å². The molecule has 0 bridgehead atoms. The molecule has 1 atom stereocenters. The maximum atomic E-state index is 12.3. The summed E-state index contributed by atoms with van der Waals surface area (Å²) in [6.45, 7) is 6.27. The smallest absolute Gasteiger partial charge is 0.291 e. The number of fused-ring (bicyclic) bond motifs is 1. The van der Waals surface area contributed by atoms with Gasteiger partial charge in [0.05, 0.1) is 0 Å². The number of benzene rings is 2. The predicted octanol–water partition coefficient (Wildman–Crippen LogP) is 3.51. The highest BCUT2D eigenvalue weighted by Crippen LogP contribution is 2.39. The molecule has 1 aliphatic heterocycles. The summed E-state index contributed by atoms with van der Waals surface area (Å²) in [5, 5.41) is 15.7. The van der Waals surface area contributed by atoms with E-state index in [0.717, 1.165) is 42.4 Å². The molecule has 3 N–H and O–H groups in total. The molecule has 6 nitrogen and oxygen atoms in total. The number of aromatic hydroxyl groups is 1. The van der Waals surface area contributed by atoms with Crippen LogP contribution in [-0.4, -0.2) is 29.3 Å². The maximum absolute atomic E-state index is 12.3. The van der Waals surface area contributed by atoms with Crippen LogP contribution in [0.25, 0.3) is 0 Å². The zero-order valence-electron chi connectivity index (χ0n) is 17.6. The zero-order valence-corrected chi connectivity index (χ0v) is 17.6. The Bertz CT molecular complexity index is 1050. The third-order valence-electron chi connectivity index (χ3n) is 6.16. The zero-order chi connectivity index (χ0) is 21.4. The Labute approximate surface area is 176 Å². The lowest BCUT2D eigenvalue weighted by Gasteiger charge is -2.26. The molecular weight excluding hydrogens is 378 g/mol. The van der Waals surface area contributed by atoms with Crippen LogP contribution in [0.3, 0.4) is 0 Å². The normalized spacial score (nSPS) is 17.9. The third kappa shape index (κ3) is 3.82. The summed E-state index contributed by atoms with van der Waals surface area (Å²) in [7, 11) is 0. The summed E-state index contributed by atoms with van der Waals surface area (Å²) >= 11 is 0. The average Bonchev–Trinajstić information content (AvgIpc) is 3.13. The summed E-state index contributed by atoms with van der Waals surface area (Å²) in [5.41, 5.74) is 7.76. The molecule has 6 heteroatoms. The summed E-state index contributed by atoms with van der Waals surface area (Å²) in [5.74, 6) is 0.175. The third-order valence-corrected chi connectivity index (χ3v) is 6.16. The molecule has 156 valence electrons. The van der Waals surface area contributed by atoms with Crippen LogP contribution in [0, 0.1) is 13.8 Å². The molecule has 4 rings (SSSR count). The first-order valence-electron chi connectivity index (χ1n) is 10.4. The van der Waals surface area contributed by atoms with Gasteiger partial charge in [0.15, 0.2) is 5.84 Å². The SMILES string of the molecule is Cc1cc(NC(=O)C2=NCC(=O)N2)cc(C)c1Cc1ccc(O)c2c1CCC[C@H]2C. The summed E-state index contributed by atoms with van der Waals surface area (Å²) in [6, 6.07) is 7.77. The highest BCUT2D eigenvalue weighted by Gasteiger charge is 2.24. The molecule has 30 heavy (non-hydrogen) atoms. The van der Waals surface area contributed by atoms with Crippen LogP contribution in [0.5, 0.6) is 5.75 Å². The number of hydrogen-bond acceptors (Lipinski definition) is 4. The van der Waals surface area contributed by atoms with Gasteiger partial charge in [0.25, 0.3) is 5.91 Å². The highest BCUT2D eigenvalue weighted by atomic mass is 16.3. The van der Waals surface area contributed by atoms with E-state index in [9.17, 15) is 14.7 Å². The van der Waals surface area contributed by atoms with E-state index in [0.29, 0.717) is 17.4 Å². The van der Waals surface area contributed by atoms with Gasteiger partial charge in [-0.1, -0.05) is 13.0 Å². The van der Waals surface area contributed by atoms with Crippen molar-refractivity contribution in [1.82, 2.24) is 5.32 Å². The van der Waals surface area contributed by atoms with E-state index in [1.54, 1.807) is 0 Å². The topological polar surface area (TPSA) is 90.8 Å². The minimum Gasteiger partial charge on any atom is -0.508 e. The molecular formula is C24H27N3O3. The lowest BCUT2D eigenvalue weighted by molar-refractivity contribution is -0.118. The van der Waals surface area contributed by atoms with Gasteiger partial charge in [-0.25, -0.2) is 0 Å². The van der Waals surface area contributed by atoms with Gasteiger partial charge >= 0.3 is 0 Å². The molecule has 2 aliphatic rings. The van der Waals surface area contributed by atoms with E-state index in [2.05, 4.69) is 22.5 Å². The van der Waals surface area contributed by atoms with Crippen LogP contribution < -0.4 is 10.6 Å². The number of nitrogens with one attached hydrogen (secondary N) is 2. The molecule has 1 heterocycles. The molecule has 2 aromatic carbocycles. The second-order valence-corrected chi connectivity index (χ2v) is 8.36. The highest BCUT2D eigenvalue weighted by molar-refractivity contribution is 6.45. The van der Waals surface area contributed by atoms with Crippen molar-refractivity contribution in [3.8, 4) is 5.75 Å². The molecule has 0 aromatic heterocycles. The molecule has 0 spiro atoms. The Morgan fingerprint density at radius 1 is 1.27 bits per heavy atom. The summed E-state index contributed by atoms with van der Waals surface area (Å²) in [6.07, 6.45) is 4.06. The molecule has 0 saturated carbocycles. The monoisotopic (exact) mass is 405 g/mol. The Hall–Kier alpha value is -3.15. The molecule has 0 unspecified atom stereocenters. The largest absolute Gasteiger partial charge is 0.508 e. The first kappa shape index (κ1) is 20.1. The minimum absolute atomic E-state index is 0.00465. The molecule has 0 saturated heterocycles. The Morgan fingerprint density at radius 3 is 2.67 bits per heavy atom. The lowest BCUT2D eigenvalue weighted by Crippen LogP contribution is -2.35. The number of hydrogen-bond donors (Lipinski definition) is 3. The molecule has 0 fully saturated rings. The number of amides is 2. The van der Waals surface area contributed by atoms with E-state index in [1.807, 2.05) is 38.1 Å². The van der Waals surface area contributed by atoms with Gasteiger partial charge in [0.1, 0.15) is 12.3 Å². The molecule has 2 aromatic rings. The van der Waals surface area contributed by atoms with Crippen molar-refractivity contribution in [2.24, 2.45) is 4.99 Å². The van der Waals surface area contributed by atoms with E-state index in [-0.39, 0.29) is 18.3 Å². The van der Waals surface area contributed by atoms with Crippen molar-refractivity contribution in [3.63, 3.8) is 0 Å². The number of phenolic OH excluding ortho intramolecular Hbond substituents is 1. The minimum atomic E-state index is -0.408. The van der Waals surface area contributed by atoms with E-state index >= 15 is 0 Å². The number of rotatable bonds is 4. The number of anilines is 1. The van der Waals surface area contributed by atoms with Gasteiger partial charge in [-0.3, -0.25) is 14.6 Å². The fourth-order valence-electron chi connectivity index (χ4n) is 4.65. The summed E-state index contributed by atoms with van der Waals surface area (Å²) in [4.78, 5) is 27.5. The number of carbonyl (C=O) groups is 2. The van der Waals surface area contributed by atoms with Gasteiger partial charge in [-0.05, 0) is 91.5 Å². The first-order valence-corrected chi connectivity index (χ1v) is 10.4. The van der Waals surface area contributed by atoms with Crippen LogP contribution in [0.1, 0.15) is 59.1 Å². The first-order chi connectivity index (χ1) is 14.3. The number of aliphatic imine (C=N–C) groups is 1. The van der Waals surface area contributed by atoms with Gasteiger partial charge in [-0.2, -0.15) is 0 Å². The van der Waals surface area contributed by atoms with Crippen LogP contribution >= 0.6 is 0 Å². The molecule has 1 aliphatic carbocycles. The standard InChI is InChI=1S/C24H27N3O3/c1-13-5-4-6-18-16(7-8-20(28)22(13)18)11-19-14(2)9-17(10-15(19)3)26-24(30)23-25-12-21(29)27-23/h7-10,13,28H,4-6,11-12H2,1-3H3,(H,26,30)(H,25,27,29)/t13-/m1/s1. The van der Waals surface area contributed by atoms with Gasteiger partial charge in [0.2, 0.25) is 5.91 Å². The fourth-order valence-corrected chi connectivity index (χ4v) is 4.65. The number of nitrogens with zero attached hydrogens (tertiary/aromatic N) is 1. The molecule has 2 amide bonds. The number of carbonyl (C=O) groups excluding carboxylic acids is 2. The van der Waals surface area contributed by atoms with Crippen LogP contribution in [0.15, 0.2) is 29.3 Å². The Kier molecular flexibility index (Phi) is 5.33. The van der Waals surface area contributed by atoms with Crippen molar-refractivity contribution in [3.05, 3.63) is 57.6 Å².